The summed E-state index contributed by atoms with van der Waals surface area (Å²) in [5.41, 5.74) is 3.97. The lowest BCUT2D eigenvalue weighted by molar-refractivity contribution is -0.121. The van der Waals surface area contributed by atoms with Gasteiger partial charge in [-0.05, 0) is 18.6 Å². The molecule has 1 amide bonds. The predicted molar refractivity (Wildman–Crippen MR) is 119 cm³/mol. The van der Waals surface area contributed by atoms with Crippen molar-refractivity contribution in [3.63, 3.8) is 0 Å². The van der Waals surface area contributed by atoms with Crippen LogP contribution in [-0.2, 0) is 11.3 Å². The van der Waals surface area contributed by atoms with E-state index in [4.69, 9.17) is 17.3 Å². The van der Waals surface area contributed by atoms with Crippen molar-refractivity contribution < 1.29 is 4.79 Å². The van der Waals surface area contributed by atoms with Gasteiger partial charge in [-0.15, -0.1) is 0 Å². The Morgan fingerprint density at radius 1 is 1.07 bits per heavy atom. The average Bonchev–Trinajstić information content (AvgIpc) is 3.23. The SMILES string of the molecule is CCN1C(=O)/C(=C\c2cn(Cc3ccccc3)nc2-c2ccccc2)SC1=S. The van der Waals surface area contributed by atoms with E-state index >= 15 is 0 Å². The maximum Gasteiger partial charge on any atom is 0.266 e. The first kappa shape index (κ1) is 18.7. The molecule has 1 saturated heterocycles. The highest BCUT2D eigenvalue weighted by Crippen LogP contribution is 2.34. The molecule has 0 N–H and O–H groups in total. The third-order valence-corrected chi connectivity index (χ3v) is 5.88. The van der Waals surface area contributed by atoms with Crippen LogP contribution in [0.1, 0.15) is 18.1 Å². The van der Waals surface area contributed by atoms with Crippen LogP contribution in [-0.4, -0.2) is 31.5 Å². The van der Waals surface area contributed by atoms with E-state index in [9.17, 15) is 4.79 Å². The molecule has 0 spiro atoms. The molecule has 3 aromatic rings. The van der Waals surface area contributed by atoms with Crippen molar-refractivity contribution in [1.82, 2.24) is 14.7 Å². The number of thioether (sulfide) groups is 1. The second-order valence-corrected chi connectivity index (χ2v) is 8.08. The molecule has 4 nitrogen and oxygen atoms in total. The number of aromatic nitrogens is 2. The van der Waals surface area contributed by atoms with E-state index in [1.165, 1.54) is 17.3 Å². The minimum atomic E-state index is -0.0349. The fourth-order valence-corrected chi connectivity index (χ4v) is 4.50. The molecule has 140 valence electrons. The Balaban J connectivity index is 1.74. The number of thiocarbonyl (C=S) groups is 1. The zero-order valence-corrected chi connectivity index (χ0v) is 17.0. The average molecular weight is 406 g/mol. The van der Waals surface area contributed by atoms with Crippen molar-refractivity contribution >= 4 is 40.3 Å². The summed E-state index contributed by atoms with van der Waals surface area (Å²) < 4.78 is 2.53. The Kier molecular flexibility index (Phi) is 5.41. The number of carbonyl (C=O) groups excluding carboxylic acids is 1. The van der Waals surface area contributed by atoms with E-state index < -0.39 is 0 Å². The first-order chi connectivity index (χ1) is 13.7. The Hall–Kier alpha value is -2.70. The molecule has 1 aromatic heterocycles. The van der Waals surface area contributed by atoms with Crippen LogP contribution in [0.5, 0.6) is 0 Å². The molecular formula is C22H19N3OS2. The van der Waals surface area contributed by atoms with Gasteiger partial charge in [0.1, 0.15) is 4.32 Å². The van der Waals surface area contributed by atoms with E-state index in [1.54, 1.807) is 4.90 Å². The minimum Gasteiger partial charge on any atom is -0.293 e. The summed E-state index contributed by atoms with van der Waals surface area (Å²) in [7, 11) is 0. The maximum atomic E-state index is 12.6. The van der Waals surface area contributed by atoms with Gasteiger partial charge in [-0.25, -0.2) is 0 Å². The van der Waals surface area contributed by atoms with Gasteiger partial charge in [0.25, 0.3) is 5.91 Å². The number of amides is 1. The molecule has 1 aliphatic heterocycles. The van der Waals surface area contributed by atoms with E-state index in [1.807, 2.05) is 72.4 Å². The van der Waals surface area contributed by atoms with Gasteiger partial charge in [0.2, 0.25) is 0 Å². The van der Waals surface area contributed by atoms with Crippen LogP contribution in [0.3, 0.4) is 0 Å². The molecule has 0 atom stereocenters. The number of nitrogens with zero attached hydrogens (tertiary/aromatic N) is 3. The third kappa shape index (κ3) is 3.79. The van der Waals surface area contributed by atoms with Crippen molar-refractivity contribution in [2.24, 2.45) is 0 Å². The Bertz CT molecular complexity index is 1040. The van der Waals surface area contributed by atoms with Gasteiger partial charge in [-0.2, -0.15) is 5.10 Å². The van der Waals surface area contributed by atoms with Crippen molar-refractivity contribution in [2.75, 3.05) is 6.54 Å². The van der Waals surface area contributed by atoms with Gasteiger partial charge in [0.15, 0.2) is 0 Å². The third-order valence-electron chi connectivity index (χ3n) is 4.50. The molecule has 0 saturated carbocycles. The van der Waals surface area contributed by atoms with Gasteiger partial charge >= 0.3 is 0 Å². The molecule has 0 radical (unpaired) electrons. The van der Waals surface area contributed by atoms with Gasteiger partial charge in [0, 0.05) is 23.9 Å². The van der Waals surface area contributed by atoms with Crippen LogP contribution in [0.25, 0.3) is 17.3 Å². The number of rotatable bonds is 5. The molecule has 1 aliphatic rings. The summed E-state index contributed by atoms with van der Waals surface area (Å²) in [5, 5.41) is 4.81. The molecule has 0 bridgehead atoms. The maximum absolute atomic E-state index is 12.6. The van der Waals surface area contributed by atoms with Crippen LogP contribution < -0.4 is 0 Å². The highest BCUT2D eigenvalue weighted by molar-refractivity contribution is 8.26. The summed E-state index contributed by atoms with van der Waals surface area (Å²) in [6.07, 6.45) is 3.90. The number of hydrogen-bond acceptors (Lipinski definition) is 4. The monoisotopic (exact) mass is 405 g/mol. The molecule has 0 unspecified atom stereocenters. The van der Waals surface area contributed by atoms with Crippen LogP contribution in [0.2, 0.25) is 0 Å². The lowest BCUT2D eigenvalue weighted by atomic mass is 10.1. The van der Waals surface area contributed by atoms with Crippen molar-refractivity contribution in [1.29, 1.82) is 0 Å². The first-order valence-electron chi connectivity index (χ1n) is 9.08. The summed E-state index contributed by atoms with van der Waals surface area (Å²) in [6.45, 7) is 3.19. The van der Waals surface area contributed by atoms with Crippen LogP contribution in [0, 0.1) is 0 Å². The minimum absolute atomic E-state index is 0.0349. The molecule has 0 aliphatic carbocycles. The zero-order valence-electron chi connectivity index (χ0n) is 15.4. The van der Waals surface area contributed by atoms with Crippen molar-refractivity contribution in [2.45, 2.75) is 13.5 Å². The predicted octanol–water partition coefficient (Wildman–Crippen LogP) is 4.82. The van der Waals surface area contributed by atoms with Gasteiger partial charge in [-0.1, -0.05) is 84.6 Å². The quantitative estimate of drug-likeness (QED) is 0.451. The zero-order chi connectivity index (χ0) is 19.5. The normalized spacial score (nSPS) is 15.6. The highest BCUT2D eigenvalue weighted by atomic mass is 32.2. The highest BCUT2D eigenvalue weighted by Gasteiger charge is 2.31. The van der Waals surface area contributed by atoms with E-state index in [0.29, 0.717) is 22.3 Å². The summed E-state index contributed by atoms with van der Waals surface area (Å²) in [6, 6.07) is 20.2. The molecule has 1 fully saturated rings. The van der Waals surface area contributed by atoms with Gasteiger partial charge in [-0.3, -0.25) is 14.4 Å². The number of carbonyl (C=O) groups is 1. The standard InChI is InChI=1S/C22H19N3OS2/c1-2-25-21(26)19(28-22(25)27)13-18-15-24(14-16-9-5-3-6-10-16)23-20(18)17-11-7-4-8-12-17/h3-13,15H,2,14H2,1H3/b19-13+. The molecule has 6 heteroatoms. The van der Waals surface area contributed by atoms with Crippen LogP contribution in [0.4, 0.5) is 0 Å². The number of benzene rings is 2. The summed E-state index contributed by atoms with van der Waals surface area (Å²) >= 11 is 6.68. The van der Waals surface area contributed by atoms with Crippen molar-refractivity contribution in [3.05, 3.63) is 82.9 Å². The largest absolute Gasteiger partial charge is 0.293 e. The topological polar surface area (TPSA) is 38.1 Å². The Morgan fingerprint density at radius 3 is 2.39 bits per heavy atom. The lowest BCUT2D eigenvalue weighted by Gasteiger charge is -2.09. The Labute approximate surface area is 173 Å². The molecular weight excluding hydrogens is 386 g/mol. The first-order valence-corrected chi connectivity index (χ1v) is 10.3. The molecule has 2 heterocycles. The smallest absolute Gasteiger partial charge is 0.266 e. The fourth-order valence-electron chi connectivity index (χ4n) is 3.13. The second-order valence-electron chi connectivity index (χ2n) is 6.41. The molecule has 28 heavy (non-hydrogen) atoms. The second kappa shape index (κ2) is 8.12. The van der Waals surface area contributed by atoms with Gasteiger partial charge in [0.05, 0.1) is 17.1 Å². The fraction of sp³-hybridized carbons (Fsp3) is 0.136. The summed E-state index contributed by atoms with van der Waals surface area (Å²) in [4.78, 5) is 14.9. The summed E-state index contributed by atoms with van der Waals surface area (Å²) in [5.74, 6) is -0.0349. The lowest BCUT2D eigenvalue weighted by Crippen LogP contribution is -2.27. The van der Waals surface area contributed by atoms with E-state index in [2.05, 4.69) is 12.1 Å². The van der Waals surface area contributed by atoms with Crippen LogP contribution >= 0.6 is 24.0 Å². The molecule has 4 rings (SSSR count). The number of hydrogen-bond donors (Lipinski definition) is 0. The Morgan fingerprint density at radius 2 is 1.75 bits per heavy atom. The van der Waals surface area contributed by atoms with Gasteiger partial charge < -0.3 is 0 Å². The molecule has 2 aromatic carbocycles. The number of likely N-dealkylation sites (N-methyl/N-ethyl adjacent to an activating group) is 1. The van der Waals surface area contributed by atoms with E-state index in [0.717, 1.165) is 16.8 Å². The van der Waals surface area contributed by atoms with Crippen LogP contribution in [0.15, 0.2) is 71.8 Å². The van der Waals surface area contributed by atoms with E-state index in [-0.39, 0.29) is 5.91 Å². The van der Waals surface area contributed by atoms with Crippen molar-refractivity contribution in [3.8, 4) is 11.3 Å².